The lowest BCUT2D eigenvalue weighted by atomic mass is 9.90. The van der Waals surface area contributed by atoms with Crippen molar-refractivity contribution >= 4 is 11.6 Å². The molecule has 1 unspecified atom stereocenters. The van der Waals surface area contributed by atoms with Crippen molar-refractivity contribution < 1.29 is 14.6 Å². The van der Waals surface area contributed by atoms with E-state index in [-0.39, 0.29) is 0 Å². The molecule has 1 atom stereocenters. The number of methoxy groups -OCH3 is 2. The Balaban J connectivity index is 2.14. The fourth-order valence-corrected chi connectivity index (χ4v) is 3.55. The van der Waals surface area contributed by atoms with Gasteiger partial charge in [-0.15, -0.1) is 0 Å². The summed E-state index contributed by atoms with van der Waals surface area (Å²) in [7, 11) is 3.14. The normalized spacial score (nSPS) is 18.1. The molecule has 1 saturated carbocycles. The maximum absolute atomic E-state index is 10.6. The predicted octanol–water partition coefficient (Wildman–Crippen LogP) is 4.75. The van der Waals surface area contributed by atoms with Gasteiger partial charge in [-0.3, -0.25) is 0 Å². The molecule has 1 aromatic rings. The van der Waals surface area contributed by atoms with E-state index in [1.807, 2.05) is 6.07 Å². The highest BCUT2D eigenvalue weighted by Crippen LogP contribution is 2.41. The minimum absolute atomic E-state index is 0.428. The third kappa shape index (κ3) is 4.04. The molecule has 0 bridgehead atoms. The van der Waals surface area contributed by atoms with Gasteiger partial charge in [0.2, 0.25) is 0 Å². The average Bonchev–Trinajstić information content (AvgIpc) is 2.75. The molecule has 0 aliphatic heterocycles. The Morgan fingerprint density at radius 1 is 1.14 bits per heavy atom. The van der Waals surface area contributed by atoms with Crippen molar-refractivity contribution in [3.8, 4) is 11.5 Å². The van der Waals surface area contributed by atoms with Crippen LogP contribution in [0.15, 0.2) is 12.1 Å². The van der Waals surface area contributed by atoms with E-state index in [1.165, 1.54) is 38.5 Å². The van der Waals surface area contributed by atoms with E-state index in [2.05, 4.69) is 0 Å². The van der Waals surface area contributed by atoms with Crippen LogP contribution in [0.25, 0.3) is 0 Å². The van der Waals surface area contributed by atoms with Gasteiger partial charge >= 0.3 is 0 Å². The minimum atomic E-state index is -0.536. The lowest BCUT2D eigenvalue weighted by Gasteiger charge is -2.21. The van der Waals surface area contributed by atoms with Crippen LogP contribution in [0.4, 0.5) is 0 Å². The summed E-state index contributed by atoms with van der Waals surface area (Å²) in [5.41, 5.74) is 0.757. The van der Waals surface area contributed by atoms with Crippen molar-refractivity contribution in [2.45, 2.75) is 51.0 Å². The van der Waals surface area contributed by atoms with Crippen molar-refractivity contribution in [2.24, 2.45) is 5.92 Å². The molecule has 0 heterocycles. The number of ether oxygens (including phenoxy) is 2. The second-order valence-electron chi connectivity index (χ2n) is 5.81. The van der Waals surface area contributed by atoms with Crippen LogP contribution in [-0.4, -0.2) is 19.3 Å². The fraction of sp³-hybridized carbons (Fsp3) is 0.647. The Kier molecular flexibility index (Phi) is 6.19. The van der Waals surface area contributed by atoms with Crippen molar-refractivity contribution in [1.82, 2.24) is 0 Å². The Bertz CT molecular complexity index is 454. The summed E-state index contributed by atoms with van der Waals surface area (Å²) < 4.78 is 10.6. The molecule has 1 N–H and O–H groups in total. The zero-order valence-electron chi connectivity index (χ0n) is 12.9. The highest BCUT2D eigenvalue weighted by Gasteiger charge is 2.22. The molecular weight excluding hydrogens is 288 g/mol. The topological polar surface area (TPSA) is 38.7 Å². The third-order valence-corrected chi connectivity index (χ3v) is 4.76. The molecule has 118 valence electrons. The van der Waals surface area contributed by atoms with Crippen LogP contribution in [0.5, 0.6) is 11.5 Å². The maximum Gasteiger partial charge on any atom is 0.147 e. The highest BCUT2D eigenvalue weighted by atomic mass is 35.5. The van der Waals surface area contributed by atoms with Crippen LogP contribution in [0.3, 0.4) is 0 Å². The number of hydrogen-bond acceptors (Lipinski definition) is 3. The maximum atomic E-state index is 10.6. The second-order valence-corrected chi connectivity index (χ2v) is 6.19. The molecule has 0 amide bonds. The minimum Gasteiger partial charge on any atom is -0.495 e. The molecule has 0 radical (unpaired) electrons. The van der Waals surface area contributed by atoms with E-state index in [9.17, 15) is 5.11 Å². The fourth-order valence-electron chi connectivity index (χ4n) is 3.22. The SMILES string of the molecule is COc1ccc(C(O)CC2CCCCCC2)c(OC)c1Cl. The molecule has 0 aromatic heterocycles. The summed E-state index contributed by atoms with van der Waals surface area (Å²) in [4.78, 5) is 0. The molecule has 0 saturated heterocycles. The van der Waals surface area contributed by atoms with Crippen molar-refractivity contribution in [3.05, 3.63) is 22.7 Å². The Morgan fingerprint density at radius 3 is 2.38 bits per heavy atom. The van der Waals surface area contributed by atoms with Crippen LogP contribution >= 0.6 is 11.6 Å². The summed E-state index contributed by atoms with van der Waals surface area (Å²) >= 11 is 6.27. The molecule has 1 aromatic carbocycles. The number of benzene rings is 1. The van der Waals surface area contributed by atoms with Gasteiger partial charge in [0.25, 0.3) is 0 Å². The van der Waals surface area contributed by atoms with Crippen LogP contribution < -0.4 is 9.47 Å². The van der Waals surface area contributed by atoms with Gasteiger partial charge in [-0.2, -0.15) is 0 Å². The Labute approximate surface area is 132 Å². The number of aliphatic hydroxyl groups excluding tert-OH is 1. The zero-order chi connectivity index (χ0) is 15.2. The van der Waals surface area contributed by atoms with Crippen molar-refractivity contribution in [2.75, 3.05) is 14.2 Å². The molecular formula is C17H25ClO3. The monoisotopic (exact) mass is 312 g/mol. The van der Waals surface area contributed by atoms with Gasteiger partial charge in [-0.25, -0.2) is 0 Å². The van der Waals surface area contributed by atoms with Gasteiger partial charge in [0, 0.05) is 5.56 Å². The number of halogens is 1. The molecule has 0 spiro atoms. The quantitative estimate of drug-likeness (QED) is 0.797. The van der Waals surface area contributed by atoms with E-state index in [0.29, 0.717) is 22.4 Å². The third-order valence-electron chi connectivity index (χ3n) is 4.41. The van der Waals surface area contributed by atoms with Crippen molar-refractivity contribution in [1.29, 1.82) is 0 Å². The largest absolute Gasteiger partial charge is 0.495 e. The molecule has 21 heavy (non-hydrogen) atoms. The molecule has 1 fully saturated rings. The summed E-state index contributed by atoms with van der Waals surface area (Å²) in [5, 5.41) is 11.0. The van der Waals surface area contributed by atoms with E-state index in [0.717, 1.165) is 12.0 Å². The summed E-state index contributed by atoms with van der Waals surface area (Å²) in [6.45, 7) is 0. The van der Waals surface area contributed by atoms with Gasteiger partial charge in [0.15, 0.2) is 0 Å². The van der Waals surface area contributed by atoms with Gasteiger partial charge in [0.05, 0.1) is 20.3 Å². The van der Waals surface area contributed by atoms with E-state index in [1.54, 1.807) is 20.3 Å². The van der Waals surface area contributed by atoms with Crippen molar-refractivity contribution in [3.63, 3.8) is 0 Å². The lowest BCUT2D eigenvalue weighted by Crippen LogP contribution is -2.08. The molecule has 4 heteroatoms. The summed E-state index contributed by atoms with van der Waals surface area (Å²) in [6.07, 6.45) is 7.86. The van der Waals surface area contributed by atoms with Crippen LogP contribution in [0, 0.1) is 5.92 Å². The first-order chi connectivity index (χ1) is 10.2. The molecule has 1 aliphatic rings. The lowest BCUT2D eigenvalue weighted by molar-refractivity contribution is 0.135. The van der Waals surface area contributed by atoms with E-state index < -0.39 is 6.10 Å². The summed E-state index contributed by atoms with van der Waals surface area (Å²) in [5.74, 6) is 1.68. The second kappa shape index (κ2) is 7.90. The molecule has 2 rings (SSSR count). The van der Waals surface area contributed by atoms with Crippen LogP contribution in [-0.2, 0) is 0 Å². The van der Waals surface area contributed by atoms with Gasteiger partial charge < -0.3 is 14.6 Å². The zero-order valence-corrected chi connectivity index (χ0v) is 13.7. The predicted molar refractivity (Wildman–Crippen MR) is 85.3 cm³/mol. The highest BCUT2D eigenvalue weighted by molar-refractivity contribution is 6.33. The van der Waals surface area contributed by atoms with Gasteiger partial charge in [-0.1, -0.05) is 50.1 Å². The van der Waals surface area contributed by atoms with Gasteiger partial charge in [-0.05, 0) is 24.5 Å². The van der Waals surface area contributed by atoms with Crippen LogP contribution in [0.2, 0.25) is 5.02 Å². The first-order valence-corrected chi connectivity index (χ1v) is 8.13. The molecule has 1 aliphatic carbocycles. The van der Waals surface area contributed by atoms with Crippen LogP contribution in [0.1, 0.15) is 56.6 Å². The summed E-state index contributed by atoms with van der Waals surface area (Å²) in [6, 6.07) is 3.64. The first kappa shape index (κ1) is 16.4. The number of rotatable bonds is 5. The van der Waals surface area contributed by atoms with E-state index >= 15 is 0 Å². The number of aliphatic hydroxyl groups is 1. The first-order valence-electron chi connectivity index (χ1n) is 7.75. The van der Waals surface area contributed by atoms with E-state index in [4.69, 9.17) is 21.1 Å². The Morgan fingerprint density at radius 2 is 1.81 bits per heavy atom. The molecule has 3 nitrogen and oxygen atoms in total. The smallest absolute Gasteiger partial charge is 0.147 e. The Hall–Kier alpha value is -0.930. The standard InChI is InChI=1S/C17H25ClO3/c1-20-15-10-9-13(17(21-2)16(15)18)14(19)11-12-7-5-3-4-6-8-12/h9-10,12,14,19H,3-8,11H2,1-2H3. The number of hydrogen-bond donors (Lipinski definition) is 1. The average molecular weight is 313 g/mol. The van der Waals surface area contributed by atoms with Gasteiger partial charge in [0.1, 0.15) is 16.5 Å².